The Morgan fingerprint density at radius 3 is 2.00 bits per heavy atom. The number of aliphatic imine (C=N–C) groups is 1. The monoisotopic (exact) mass is 137 g/mol. The van der Waals surface area contributed by atoms with Gasteiger partial charge in [0.1, 0.15) is 5.70 Å². The first-order chi connectivity index (χ1) is 4.02. The van der Waals surface area contributed by atoms with E-state index in [0.717, 1.165) is 6.08 Å². The molecule has 0 radical (unpaired) electrons. The molecule has 0 bridgehead atoms. The molecule has 0 spiro atoms. The Morgan fingerprint density at radius 1 is 1.56 bits per heavy atom. The van der Waals surface area contributed by atoms with Crippen molar-refractivity contribution in [3.63, 3.8) is 0 Å². The van der Waals surface area contributed by atoms with Crippen LogP contribution in [0, 0.1) is 0 Å². The lowest BCUT2D eigenvalue weighted by atomic mass is 10.4. The molecule has 0 aliphatic heterocycles. The van der Waals surface area contributed by atoms with Gasteiger partial charge in [0.15, 0.2) is 0 Å². The van der Waals surface area contributed by atoms with Crippen LogP contribution in [0.2, 0.25) is 0 Å². The second kappa shape index (κ2) is 2.66. The number of allylic oxidation sites excluding steroid dienone is 2. The van der Waals surface area contributed by atoms with E-state index >= 15 is 0 Å². The molecule has 0 saturated carbocycles. The van der Waals surface area contributed by atoms with Gasteiger partial charge in [-0.3, -0.25) is 4.99 Å². The predicted octanol–water partition coefficient (Wildman–Crippen LogP) is 2.15. The maximum Gasteiger partial charge on any atom is 0.432 e. The first-order valence-electron chi connectivity index (χ1n) is 2.22. The molecular weight excluding hydrogens is 131 g/mol. The second-order valence-corrected chi connectivity index (χ2v) is 1.33. The highest BCUT2D eigenvalue weighted by Crippen LogP contribution is 2.25. The number of nitrogens with zero attached hydrogens (tertiary/aromatic N) is 1. The van der Waals surface area contributed by atoms with Gasteiger partial charge in [-0.05, 0) is 13.6 Å². The fourth-order valence-electron chi connectivity index (χ4n) is 0.345. The number of hydrogen-bond donors (Lipinski definition) is 0. The van der Waals surface area contributed by atoms with Crippen LogP contribution in [-0.4, -0.2) is 12.9 Å². The summed E-state index contributed by atoms with van der Waals surface area (Å²) in [6.45, 7) is 4.02. The van der Waals surface area contributed by atoms with Gasteiger partial charge >= 0.3 is 6.18 Å². The van der Waals surface area contributed by atoms with E-state index in [1.807, 2.05) is 0 Å². The maximum atomic E-state index is 11.5. The molecule has 0 aromatic carbocycles. The van der Waals surface area contributed by atoms with Gasteiger partial charge in [0.2, 0.25) is 0 Å². The third-order valence-electron chi connectivity index (χ3n) is 0.734. The first kappa shape index (κ1) is 8.20. The Bertz CT molecular complexity index is 134. The van der Waals surface area contributed by atoms with Crippen molar-refractivity contribution in [1.82, 2.24) is 0 Å². The lowest BCUT2D eigenvalue weighted by Crippen LogP contribution is -2.09. The fourth-order valence-corrected chi connectivity index (χ4v) is 0.345. The second-order valence-electron chi connectivity index (χ2n) is 1.33. The summed E-state index contributed by atoms with van der Waals surface area (Å²) in [6.07, 6.45) is -3.48. The molecule has 0 aromatic heterocycles. The van der Waals surface area contributed by atoms with Crippen molar-refractivity contribution < 1.29 is 13.2 Å². The molecule has 0 rings (SSSR count). The average Bonchev–Trinajstić information content (AvgIpc) is 1.65. The van der Waals surface area contributed by atoms with Gasteiger partial charge in [0.05, 0.1) is 0 Å². The number of rotatable bonds is 1. The third kappa shape index (κ3) is 2.30. The molecule has 1 nitrogen and oxygen atoms in total. The molecule has 0 fully saturated rings. The Morgan fingerprint density at radius 2 is 2.00 bits per heavy atom. The molecule has 0 atom stereocenters. The zero-order valence-electron chi connectivity index (χ0n) is 4.87. The molecule has 0 aliphatic carbocycles. The summed E-state index contributed by atoms with van der Waals surface area (Å²) in [4.78, 5) is 2.76. The van der Waals surface area contributed by atoms with Gasteiger partial charge in [-0.1, -0.05) is 6.08 Å². The summed E-state index contributed by atoms with van der Waals surface area (Å²) in [5.41, 5.74) is -0.942. The summed E-state index contributed by atoms with van der Waals surface area (Å²) in [7, 11) is 0. The predicted molar refractivity (Wildman–Crippen MR) is 29.4 cm³/mol. The van der Waals surface area contributed by atoms with Crippen molar-refractivity contribution in [3.8, 4) is 0 Å². The van der Waals surface area contributed by atoms with Gasteiger partial charge in [0, 0.05) is 0 Å². The van der Waals surface area contributed by atoms with E-state index in [9.17, 15) is 13.2 Å². The summed E-state index contributed by atoms with van der Waals surface area (Å²) in [5.74, 6) is 0. The van der Waals surface area contributed by atoms with E-state index in [-0.39, 0.29) is 0 Å². The molecule has 0 saturated heterocycles. The molecule has 0 N–H and O–H groups in total. The Hall–Kier alpha value is -0.800. The molecule has 9 heavy (non-hydrogen) atoms. The van der Waals surface area contributed by atoms with Crippen molar-refractivity contribution >= 4 is 6.72 Å². The van der Waals surface area contributed by atoms with E-state index in [0.29, 0.717) is 0 Å². The number of hydrogen-bond acceptors (Lipinski definition) is 1. The SMILES string of the molecule is C=N/C(=C\C)C(F)(F)F. The molecule has 0 aliphatic rings. The van der Waals surface area contributed by atoms with Gasteiger partial charge in [-0.2, -0.15) is 13.2 Å². The maximum absolute atomic E-state index is 11.5. The Labute approximate surface area is 50.9 Å². The van der Waals surface area contributed by atoms with Crippen LogP contribution >= 0.6 is 0 Å². The van der Waals surface area contributed by atoms with Gasteiger partial charge in [-0.25, -0.2) is 0 Å². The number of alkyl halides is 3. The minimum Gasteiger partial charge on any atom is -0.260 e. The molecule has 0 heterocycles. The molecule has 0 aromatic rings. The average molecular weight is 137 g/mol. The van der Waals surface area contributed by atoms with Crippen molar-refractivity contribution in [3.05, 3.63) is 11.8 Å². The van der Waals surface area contributed by atoms with E-state index in [1.165, 1.54) is 6.92 Å². The van der Waals surface area contributed by atoms with Gasteiger partial charge in [-0.15, -0.1) is 0 Å². The molecule has 0 unspecified atom stereocenters. The van der Waals surface area contributed by atoms with Gasteiger partial charge in [0.25, 0.3) is 0 Å². The van der Waals surface area contributed by atoms with Crippen LogP contribution in [0.25, 0.3) is 0 Å². The van der Waals surface area contributed by atoms with Crippen LogP contribution in [0.5, 0.6) is 0 Å². The lowest BCUT2D eigenvalue weighted by molar-refractivity contribution is -0.0923. The van der Waals surface area contributed by atoms with E-state index in [2.05, 4.69) is 11.7 Å². The van der Waals surface area contributed by atoms with E-state index in [4.69, 9.17) is 0 Å². The van der Waals surface area contributed by atoms with Crippen molar-refractivity contribution in [1.29, 1.82) is 0 Å². The highest BCUT2D eigenvalue weighted by molar-refractivity contribution is 5.30. The van der Waals surface area contributed by atoms with Crippen LogP contribution in [0.1, 0.15) is 6.92 Å². The Balaban J connectivity index is 4.32. The van der Waals surface area contributed by atoms with Crippen LogP contribution in [0.15, 0.2) is 16.8 Å². The normalized spacial score (nSPS) is 13.6. The molecule has 0 amide bonds. The zero-order valence-corrected chi connectivity index (χ0v) is 4.87. The Kier molecular flexibility index (Phi) is 2.42. The van der Waals surface area contributed by atoms with Crippen molar-refractivity contribution in [2.75, 3.05) is 0 Å². The van der Waals surface area contributed by atoms with Crippen LogP contribution in [-0.2, 0) is 0 Å². The van der Waals surface area contributed by atoms with E-state index < -0.39 is 11.9 Å². The first-order valence-corrected chi connectivity index (χ1v) is 2.22. The van der Waals surface area contributed by atoms with E-state index in [1.54, 1.807) is 0 Å². The minimum atomic E-state index is -4.35. The quantitative estimate of drug-likeness (QED) is 0.491. The smallest absolute Gasteiger partial charge is 0.260 e. The van der Waals surface area contributed by atoms with Crippen LogP contribution in [0.4, 0.5) is 13.2 Å². The van der Waals surface area contributed by atoms with Crippen LogP contribution in [0.3, 0.4) is 0 Å². The lowest BCUT2D eigenvalue weighted by Gasteiger charge is -2.03. The largest absolute Gasteiger partial charge is 0.432 e. The van der Waals surface area contributed by atoms with Gasteiger partial charge < -0.3 is 0 Å². The highest BCUT2D eigenvalue weighted by atomic mass is 19.4. The third-order valence-corrected chi connectivity index (χ3v) is 0.734. The standard InChI is InChI=1S/C5H6F3N/c1-3-4(9-2)5(6,7)8/h3H,2H2,1H3/b4-3-. The summed E-state index contributed by atoms with van der Waals surface area (Å²) < 4.78 is 34.6. The van der Waals surface area contributed by atoms with Crippen molar-refractivity contribution in [2.24, 2.45) is 4.99 Å². The summed E-state index contributed by atoms with van der Waals surface area (Å²) >= 11 is 0. The zero-order chi connectivity index (χ0) is 7.49. The van der Waals surface area contributed by atoms with Crippen molar-refractivity contribution in [2.45, 2.75) is 13.1 Å². The fraction of sp³-hybridized carbons (Fsp3) is 0.400. The highest BCUT2D eigenvalue weighted by Gasteiger charge is 2.32. The molecule has 52 valence electrons. The van der Waals surface area contributed by atoms with Crippen LogP contribution < -0.4 is 0 Å². The minimum absolute atomic E-state index is 0.868. The summed E-state index contributed by atoms with van der Waals surface area (Å²) in [6, 6.07) is 0. The molecule has 4 heteroatoms. The number of halogens is 3. The topological polar surface area (TPSA) is 12.4 Å². The molecular formula is C5H6F3N. The summed E-state index contributed by atoms with van der Waals surface area (Å²) in [5, 5.41) is 0.